The zero-order chi connectivity index (χ0) is 10.4. The van der Waals surface area contributed by atoms with Gasteiger partial charge in [-0.1, -0.05) is 11.6 Å². The van der Waals surface area contributed by atoms with E-state index in [9.17, 15) is 4.39 Å². The maximum Gasteiger partial charge on any atom is 0.202 e. The quantitative estimate of drug-likeness (QED) is 0.547. The Morgan fingerprint density at radius 1 is 1.40 bits per heavy atom. The molecule has 2 aromatic heterocycles. The number of fused-ring (bicyclic) bond motifs is 1. The molecule has 0 aliphatic heterocycles. The molecule has 15 heavy (non-hydrogen) atoms. The van der Waals surface area contributed by atoms with E-state index >= 15 is 0 Å². The van der Waals surface area contributed by atoms with Gasteiger partial charge in [-0.05, 0) is 11.6 Å². The van der Waals surface area contributed by atoms with Crippen LogP contribution in [-0.4, -0.2) is 9.97 Å². The third kappa shape index (κ3) is 4.76. The minimum Gasteiger partial charge on any atom is -0.386 e. The van der Waals surface area contributed by atoms with Crippen molar-refractivity contribution in [2.45, 2.75) is 13.8 Å². The van der Waals surface area contributed by atoms with Gasteiger partial charge in [-0.25, -0.2) is 4.98 Å². The first-order valence-electron chi connectivity index (χ1n) is 4.30. The third-order valence-corrected chi connectivity index (χ3v) is 1.40. The van der Waals surface area contributed by atoms with Gasteiger partial charge < -0.3 is 11.4 Å². The maximum absolute atomic E-state index is 12.5. The van der Waals surface area contributed by atoms with Gasteiger partial charge in [-0.2, -0.15) is 30.4 Å². The van der Waals surface area contributed by atoms with Crippen LogP contribution >= 0.6 is 0 Å². The summed E-state index contributed by atoms with van der Waals surface area (Å²) in [6, 6.07) is 4.74. The van der Waals surface area contributed by atoms with Gasteiger partial charge in [0, 0.05) is 38.9 Å². The van der Waals surface area contributed by atoms with Crippen LogP contribution in [0.4, 0.5) is 4.39 Å². The summed E-state index contributed by atoms with van der Waals surface area (Å²) in [6.07, 6.45) is 6.07. The Hall–Kier alpha value is -0.406. The van der Waals surface area contributed by atoms with Crippen LogP contribution in [0.2, 0.25) is 0 Å². The average molecular weight is 279 g/mol. The minimum atomic E-state index is -0.510. The predicted molar refractivity (Wildman–Crippen MR) is 54.0 cm³/mol. The van der Waals surface area contributed by atoms with Crippen molar-refractivity contribution < 1.29 is 37.1 Å². The summed E-state index contributed by atoms with van der Waals surface area (Å²) in [5.41, 5.74) is 0.583. The number of hydrogen-bond donors (Lipinski definition) is 0. The predicted octanol–water partition coefficient (Wildman–Crippen LogP) is 2.80. The Bertz CT molecular complexity index is 406. The molecule has 0 saturated carbocycles. The van der Waals surface area contributed by atoms with Gasteiger partial charge >= 0.3 is 0 Å². The molecule has 2 nitrogen and oxygen atoms in total. The van der Waals surface area contributed by atoms with Crippen LogP contribution in [0.5, 0.6) is 0 Å². The summed E-state index contributed by atoms with van der Waals surface area (Å²) in [6.45, 7) is 4.00. The monoisotopic (exact) mass is 279 g/mol. The molecule has 2 rings (SSSR count). The number of halogens is 1. The van der Waals surface area contributed by atoms with Crippen LogP contribution in [0.3, 0.4) is 0 Å². The summed E-state index contributed by atoms with van der Waals surface area (Å²) in [5, 5.41) is 0.824. The largest absolute Gasteiger partial charge is 0.386 e. The summed E-state index contributed by atoms with van der Waals surface area (Å²) >= 11 is 0. The molecule has 4 heteroatoms. The van der Waals surface area contributed by atoms with Gasteiger partial charge in [0.2, 0.25) is 5.95 Å². The van der Waals surface area contributed by atoms with Gasteiger partial charge in [0.1, 0.15) is 0 Å². The van der Waals surface area contributed by atoms with Crippen LogP contribution in [-0.2, 0) is 32.7 Å². The molecule has 0 atom stereocenters. The van der Waals surface area contributed by atoms with Gasteiger partial charge in [0.05, 0.1) is 0 Å². The second kappa shape index (κ2) is 7.83. The molecular weight excluding hydrogens is 268 g/mol. The zero-order valence-electron chi connectivity index (χ0n) is 8.74. The molecule has 77 valence electrons. The number of pyridine rings is 2. The summed E-state index contributed by atoms with van der Waals surface area (Å²) in [4.78, 5) is 7.32. The Labute approximate surface area is 114 Å². The molecule has 0 spiro atoms. The fourth-order valence-corrected chi connectivity index (χ4v) is 0.890. The van der Waals surface area contributed by atoms with Gasteiger partial charge in [0.15, 0.2) is 0 Å². The second-order valence-electron chi connectivity index (χ2n) is 2.72. The maximum atomic E-state index is 12.5. The summed E-state index contributed by atoms with van der Waals surface area (Å²) < 4.78 is 12.5. The molecule has 0 bridgehead atoms. The summed E-state index contributed by atoms with van der Waals surface area (Å²) in [7, 11) is 0. The van der Waals surface area contributed by atoms with E-state index in [1.165, 1.54) is 12.3 Å². The van der Waals surface area contributed by atoms with E-state index in [0.29, 0.717) is 5.52 Å². The van der Waals surface area contributed by atoms with E-state index in [0.717, 1.165) is 5.39 Å². The SMILES string of the molecule is C[CH-]C.Fc1cc2n[c-]ccc2cn1.[Y]. The van der Waals surface area contributed by atoms with E-state index in [1.807, 2.05) is 20.3 Å². The Morgan fingerprint density at radius 3 is 2.73 bits per heavy atom. The van der Waals surface area contributed by atoms with Crippen molar-refractivity contribution in [3.63, 3.8) is 0 Å². The molecule has 1 radical (unpaired) electrons. The van der Waals surface area contributed by atoms with E-state index in [4.69, 9.17) is 0 Å². The molecule has 0 aromatic carbocycles. The Kier molecular flexibility index (Phi) is 7.62. The fraction of sp³-hybridized carbons (Fsp3) is 0.182. The minimum absolute atomic E-state index is 0. The topological polar surface area (TPSA) is 25.8 Å². The average Bonchev–Trinajstić information content (AvgIpc) is 2.19. The van der Waals surface area contributed by atoms with Crippen molar-refractivity contribution in [3.8, 4) is 0 Å². The standard InChI is InChI=1S/C8H4FN2.C3H7.Y/c9-8-4-7-6(5-11-8)2-1-3-10-7;1-3-2;/h1-2,4-5H;3H,1-2H3;/q2*-1;. The van der Waals surface area contributed by atoms with Crippen molar-refractivity contribution in [2.75, 3.05) is 0 Å². The summed E-state index contributed by atoms with van der Waals surface area (Å²) in [5.74, 6) is -0.510. The first-order chi connectivity index (χ1) is 6.77. The van der Waals surface area contributed by atoms with Crippen molar-refractivity contribution in [2.24, 2.45) is 0 Å². The molecule has 2 heterocycles. The van der Waals surface area contributed by atoms with Gasteiger partial charge in [-0.3, -0.25) is 0 Å². The van der Waals surface area contributed by atoms with Crippen LogP contribution in [0.1, 0.15) is 13.8 Å². The smallest absolute Gasteiger partial charge is 0.202 e. The number of nitrogens with zero attached hydrogens (tertiary/aromatic N) is 2. The first kappa shape index (κ1) is 14.6. The molecule has 0 N–H and O–H groups in total. The molecule has 2 aromatic rings. The molecule has 0 aliphatic rings. The fourth-order valence-electron chi connectivity index (χ4n) is 0.890. The number of rotatable bonds is 0. The third-order valence-electron chi connectivity index (χ3n) is 1.40. The first-order valence-corrected chi connectivity index (χ1v) is 4.30. The van der Waals surface area contributed by atoms with E-state index in [1.54, 1.807) is 12.1 Å². The number of aromatic nitrogens is 2. The Balaban J connectivity index is 0.000000443. The van der Waals surface area contributed by atoms with E-state index in [2.05, 4.69) is 16.2 Å². The van der Waals surface area contributed by atoms with Gasteiger partial charge in [-0.15, -0.1) is 0 Å². The van der Waals surface area contributed by atoms with Crippen molar-refractivity contribution >= 4 is 10.9 Å². The van der Waals surface area contributed by atoms with Crippen molar-refractivity contribution in [3.05, 3.63) is 43.0 Å². The molecular formula is C11H11FN2Y-2. The van der Waals surface area contributed by atoms with Crippen LogP contribution in [0, 0.1) is 18.6 Å². The van der Waals surface area contributed by atoms with Crippen LogP contribution < -0.4 is 0 Å². The van der Waals surface area contributed by atoms with Crippen LogP contribution in [0.15, 0.2) is 24.4 Å². The molecule has 0 saturated heterocycles. The Morgan fingerprint density at radius 2 is 2.07 bits per heavy atom. The normalized spacial score (nSPS) is 8.73. The van der Waals surface area contributed by atoms with Crippen molar-refractivity contribution in [1.29, 1.82) is 0 Å². The van der Waals surface area contributed by atoms with Crippen molar-refractivity contribution in [1.82, 2.24) is 9.97 Å². The van der Waals surface area contributed by atoms with Crippen LogP contribution in [0.25, 0.3) is 10.9 Å². The molecule has 0 fully saturated rings. The zero-order valence-corrected chi connectivity index (χ0v) is 11.6. The molecule has 0 unspecified atom stereocenters. The van der Waals surface area contributed by atoms with E-state index < -0.39 is 5.95 Å². The van der Waals surface area contributed by atoms with E-state index in [-0.39, 0.29) is 32.7 Å². The molecule has 0 aliphatic carbocycles. The second-order valence-corrected chi connectivity index (χ2v) is 2.72. The molecule has 0 amide bonds. The van der Waals surface area contributed by atoms with Gasteiger partial charge in [0.25, 0.3) is 0 Å². The number of hydrogen-bond acceptors (Lipinski definition) is 2.